The number of halogens is 3. The maximum absolute atomic E-state index is 14.7. The van der Waals surface area contributed by atoms with Gasteiger partial charge in [-0.05, 0) is 25.1 Å². The number of hydrogen-bond acceptors (Lipinski definition) is 5. The van der Waals surface area contributed by atoms with Gasteiger partial charge in [-0.25, -0.2) is 27.8 Å². The van der Waals surface area contributed by atoms with Crippen LogP contribution in [0.4, 0.5) is 13.2 Å². The summed E-state index contributed by atoms with van der Waals surface area (Å²) in [5.74, 6) is -2.59. The van der Waals surface area contributed by atoms with E-state index < -0.39 is 34.7 Å². The average Bonchev–Trinajstić information content (AvgIpc) is 3.20. The molecule has 0 bridgehead atoms. The third-order valence-electron chi connectivity index (χ3n) is 5.14. The second-order valence-electron chi connectivity index (χ2n) is 6.91. The molecular formula is C20H16F3N5O2. The maximum atomic E-state index is 14.7. The van der Waals surface area contributed by atoms with Gasteiger partial charge in [0.2, 0.25) is 0 Å². The van der Waals surface area contributed by atoms with Gasteiger partial charge in [-0.1, -0.05) is 12.1 Å². The molecule has 0 aliphatic rings. The van der Waals surface area contributed by atoms with Crippen LogP contribution in [-0.4, -0.2) is 29.4 Å². The van der Waals surface area contributed by atoms with Crippen LogP contribution in [0.15, 0.2) is 60.2 Å². The van der Waals surface area contributed by atoms with E-state index in [1.54, 1.807) is 0 Å². The standard InChI is InChI=1S/C20H16F3N5O2/c1-12(28-11-25-17-4-2-3-15(22)18(17)19(28)29)20(30,8-27-10-24-9-26-27)14-6-5-13(21)7-16(14)23/h2-7,9-12,30H,8H2,1H3/t12-,20-/m1/s1. The van der Waals surface area contributed by atoms with E-state index in [9.17, 15) is 23.1 Å². The summed E-state index contributed by atoms with van der Waals surface area (Å²) in [6.07, 6.45) is 3.69. The third kappa shape index (κ3) is 3.24. The molecule has 1 N–H and O–H groups in total. The van der Waals surface area contributed by atoms with Gasteiger partial charge in [-0.15, -0.1) is 0 Å². The van der Waals surface area contributed by atoms with Crippen LogP contribution >= 0.6 is 0 Å². The number of nitrogens with zero attached hydrogens (tertiary/aromatic N) is 5. The summed E-state index contributed by atoms with van der Waals surface area (Å²) in [6.45, 7) is 1.15. The molecule has 0 aliphatic heterocycles. The van der Waals surface area contributed by atoms with Gasteiger partial charge in [0.25, 0.3) is 5.56 Å². The summed E-state index contributed by atoms with van der Waals surface area (Å²) < 4.78 is 44.7. The first-order chi connectivity index (χ1) is 14.3. The van der Waals surface area contributed by atoms with Crippen molar-refractivity contribution in [3.63, 3.8) is 0 Å². The minimum Gasteiger partial charge on any atom is -0.381 e. The monoisotopic (exact) mass is 415 g/mol. The molecule has 30 heavy (non-hydrogen) atoms. The quantitative estimate of drug-likeness (QED) is 0.542. The van der Waals surface area contributed by atoms with Gasteiger partial charge in [0, 0.05) is 11.6 Å². The summed E-state index contributed by atoms with van der Waals surface area (Å²) in [6, 6.07) is 5.63. The predicted octanol–water partition coefficient (Wildman–Crippen LogP) is 2.55. The minimum atomic E-state index is -2.07. The largest absolute Gasteiger partial charge is 0.381 e. The second kappa shape index (κ2) is 7.38. The van der Waals surface area contributed by atoms with E-state index in [-0.39, 0.29) is 23.0 Å². The summed E-state index contributed by atoms with van der Waals surface area (Å²) in [5, 5.41) is 15.2. The first kappa shape index (κ1) is 19.8. The van der Waals surface area contributed by atoms with Crippen molar-refractivity contribution in [1.82, 2.24) is 24.3 Å². The number of rotatable bonds is 5. The summed E-state index contributed by atoms with van der Waals surface area (Å²) in [5.41, 5.74) is -2.93. The van der Waals surface area contributed by atoms with Crippen LogP contribution in [0.5, 0.6) is 0 Å². The lowest BCUT2D eigenvalue weighted by Gasteiger charge is -2.35. The van der Waals surface area contributed by atoms with E-state index >= 15 is 0 Å². The lowest BCUT2D eigenvalue weighted by atomic mass is 9.86. The molecule has 4 rings (SSSR count). The summed E-state index contributed by atoms with van der Waals surface area (Å²) in [4.78, 5) is 20.9. The molecule has 0 fully saturated rings. The van der Waals surface area contributed by atoms with Gasteiger partial charge < -0.3 is 5.11 Å². The molecule has 0 saturated heterocycles. The van der Waals surface area contributed by atoms with Crippen LogP contribution in [0.2, 0.25) is 0 Å². The highest BCUT2D eigenvalue weighted by Crippen LogP contribution is 2.36. The third-order valence-corrected chi connectivity index (χ3v) is 5.14. The summed E-state index contributed by atoms with van der Waals surface area (Å²) >= 11 is 0. The Morgan fingerprint density at radius 2 is 1.93 bits per heavy atom. The predicted molar refractivity (Wildman–Crippen MR) is 101 cm³/mol. The Morgan fingerprint density at radius 3 is 2.63 bits per heavy atom. The number of hydrogen-bond donors (Lipinski definition) is 1. The van der Waals surface area contributed by atoms with E-state index in [0.717, 1.165) is 29.1 Å². The molecule has 10 heteroatoms. The number of fused-ring (bicyclic) bond motifs is 1. The van der Waals surface area contributed by atoms with Crippen LogP contribution in [0.25, 0.3) is 10.9 Å². The topological polar surface area (TPSA) is 85.8 Å². The van der Waals surface area contributed by atoms with Gasteiger partial charge in [-0.2, -0.15) is 5.10 Å². The van der Waals surface area contributed by atoms with Crippen LogP contribution in [0.3, 0.4) is 0 Å². The molecule has 4 aromatic rings. The number of benzene rings is 2. The molecule has 154 valence electrons. The lowest BCUT2D eigenvalue weighted by Crippen LogP contribution is -2.43. The van der Waals surface area contributed by atoms with Gasteiger partial charge in [0.15, 0.2) is 0 Å². The van der Waals surface area contributed by atoms with E-state index in [4.69, 9.17) is 0 Å². The summed E-state index contributed by atoms with van der Waals surface area (Å²) in [7, 11) is 0. The van der Waals surface area contributed by atoms with Crippen molar-refractivity contribution in [2.24, 2.45) is 0 Å². The Morgan fingerprint density at radius 1 is 1.13 bits per heavy atom. The van der Waals surface area contributed by atoms with Crippen LogP contribution in [0.1, 0.15) is 18.5 Å². The SMILES string of the molecule is C[C@@H](n1cnc2cccc(F)c2c1=O)[C@](O)(Cn1cncn1)c1ccc(F)cc1F. The molecule has 2 aromatic heterocycles. The van der Waals surface area contributed by atoms with Crippen LogP contribution in [0, 0.1) is 17.5 Å². The number of aromatic nitrogens is 5. The molecular weight excluding hydrogens is 399 g/mol. The highest BCUT2D eigenvalue weighted by molar-refractivity contribution is 5.77. The Bertz CT molecular complexity index is 1280. The van der Waals surface area contributed by atoms with Crippen molar-refractivity contribution < 1.29 is 18.3 Å². The van der Waals surface area contributed by atoms with Gasteiger partial charge in [0.1, 0.15) is 41.1 Å². The first-order valence-corrected chi connectivity index (χ1v) is 8.97. The van der Waals surface area contributed by atoms with Crippen LogP contribution in [-0.2, 0) is 12.1 Å². The molecule has 0 aliphatic carbocycles. The Kier molecular flexibility index (Phi) is 4.86. The molecule has 0 spiro atoms. The maximum Gasteiger partial charge on any atom is 0.264 e. The van der Waals surface area contributed by atoms with E-state index in [2.05, 4.69) is 15.1 Å². The van der Waals surface area contributed by atoms with Gasteiger partial charge >= 0.3 is 0 Å². The molecule has 7 nitrogen and oxygen atoms in total. The molecule has 0 amide bonds. The van der Waals surface area contributed by atoms with Crippen molar-refractivity contribution in [2.75, 3.05) is 0 Å². The van der Waals surface area contributed by atoms with E-state index in [1.807, 2.05) is 0 Å². The van der Waals surface area contributed by atoms with Gasteiger partial charge in [-0.3, -0.25) is 9.36 Å². The van der Waals surface area contributed by atoms with E-state index in [0.29, 0.717) is 6.07 Å². The number of aliphatic hydroxyl groups is 1. The average molecular weight is 415 g/mol. The van der Waals surface area contributed by atoms with E-state index in [1.165, 1.54) is 36.4 Å². The van der Waals surface area contributed by atoms with Gasteiger partial charge in [0.05, 0.1) is 24.4 Å². The minimum absolute atomic E-state index is 0.149. The smallest absolute Gasteiger partial charge is 0.264 e. The first-order valence-electron chi connectivity index (χ1n) is 8.97. The van der Waals surface area contributed by atoms with Crippen molar-refractivity contribution in [3.8, 4) is 0 Å². The van der Waals surface area contributed by atoms with Crippen molar-refractivity contribution in [1.29, 1.82) is 0 Å². The zero-order chi connectivity index (χ0) is 21.5. The zero-order valence-electron chi connectivity index (χ0n) is 15.7. The Balaban J connectivity index is 1.91. The molecule has 0 saturated carbocycles. The molecule has 0 radical (unpaired) electrons. The highest BCUT2D eigenvalue weighted by atomic mass is 19.1. The Hall–Kier alpha value is -3.53. The fourth-order valence-corrected chi connectivity index (χ4v) is 3.49. The molecule has 0 unspecified atom stereocenters. The normalized spacial score (nSPS) is 14.6. The Labute approximate surface area is 168 Å². The molecule has 2 heterocycles. The fourth-order valence-electron chi connectivity index (χ4n) is 3.49. The zero-order valence-corrected chi connectivity index (χ0v) is 15.7. The van der Waals surface area contributed by atoms with Crippen molar-refractivity contribution in [3.05, 3.63) is 88.7 Å². The molecule has 2 aromatic carbocycles. The highest BCUT2D eigenvalue weighted by Gasteiger charge is 2.41. The van der Waals surface area contributed by atoms with Crippen LogP contribution < -0.4 is 5.56 Å². The lowest BCUT2D eigenvalue weighted by molar-refractivity contribution is -0.0343. The second-order valence-corrected chi connectivity index (χ2v) is 6.91. The van der Waals surface area contributed by atoms with Crippen molar-refractivity contribution >= 4 is 10.9 Å². The fraction of sp³-hybridized carbons (Fsp3) is 0.200. The molecule has 2 atom stereocenters. The van der Waals surface area contributed by atoms with Crippen molar-refractivity contribution in [2.45, 2.75) is 25.1 Å².